The van der Waals surface area contributed by atoms with Crippen molar-refractivity contribution in [2.45, 2.75) is 32.7 Å². The van der Waals surface area contributed by atoms with Crippen molar-refractivity contribution < 1.29 is 0 Å². The van der Waals surface area contributed by atoms with Crippen molar-refractivity contribution in [3.63, 3.8) is 0 Å². The third-order valence-corrected chi connectivity index (χ3v) is 4.47. The van der Waals surface area contributed by atoms with Crippen LogP contribution in [0.25, 0.3) is 0 Å². The van der Waals surface area contributed by atoms with Gasteiger partial charge in [0.05, 0.1) is 11.3 Å². The first kappa shape index (κ1) is 16.5. The van der Waals surface area contributed by atoms with Gasteiger partial charge in [0.2, 0.25) is 0 Å². The molecule has 1 fully saturated rings. The zero-order valence-corrected chi connectivity index (χ0v) is 14.6. The smallest absolute Gasteiger partial charge is 0.132 e. The molecule has 2 heterocycles. The van der Waals surface area contributed by atoms with E-state index in [9.17, 15) is 5.26 Å². The summed E-state index contributed by atoms with van der Waals surface area (Å²) in [6.45, 7) is 5.77. The van der Waals surface area contributed by atoms with Crippen LogP contribution in [0, 0.1) is 25.2 Å². The van der Waals surface area contributed by atoms with Crippen LogP contribution in [-0.2, 0) is 0 Å². The van der Waals surface area contributed by atoms with Gasteiger partial charge in [-0.1, -0.05) is 11.6 Å². The summed E-state index contributed by atoms with van der Waals surface area (Å²) < 4.78 is 0. The molecular formula is C18H20ClN5. The topological polar surface area (TPSA) is 64.8 Å². The van der Waals surface area contributed by atoms with Crippen LogP contribution in [0.5, 0.6) is 0 Å². The minimum atomic E-state index is 0.329. The van der Waals surface area contributed by atoms with Gasteiger partial charge in [-0.3, -0.25) is 0 Å². The molecule has 0 spiro atoms. The Morgan fingerprint density at radius 3 is 2.62 bits per heavy atom. The van der Waals surface area contributed by atoms with Gasteiger partial charge >= 0.3 is 0 Å². The van der Waals surface area contributed by atoms with Gasteiger partial charge in [0.25, 0.3) is 0 Å². The van der Waals surface area contributed by atoms with Crippen LogP contribution in [0.2, 0.25) is 5.02 Å². The predicted octanol–water partition coefficient (Wildman–Crippen LogP) is 3.70. The second-order valence-corrected chi connectivity index (χ2v) is 6.56. The molecule has 124 valence electrons. The highest BCUT2D eigenvalue weighted by atomic mass is 35.5. The number of nitrogens with one attached hydrogen (secondary N) is 1. The fourth-order valence-electron chi connectivity index (χ4n) is 3.07. The first-order valence-corrected chi connectivity index (χ1v) is 8.46. The van der Waals surface area contributed by atoms with Crippen LogP contribution < -0.4 is 10.2 Å². The average molecular weight is 342 g/mol. The van der Waals surface area contributed by atoms with E-state index in [2.05, 4.69) is 26.3 Å². The Labute approximate surface area is 147 Å². The molecule has 5 nitrogen and oxygen atoms in total. The molecule has 0 saturated carbocycles. The van der Waals surface area contributed by atoms with E-state index in [1.807, 2.05) is 26.0 Å². The van der Waals surface area contributed by atoms with Crippen molar-refractivity contribution in [2.75, 3.05) is 23.3 Å². The maximum absolute atomic E-state index is 9.23. The number of benzene rings is 1. The van der Waals surface area contributed by atoms with E-state index < -0.39 is 0 Å². The largest absolute Gasteiger partial charge is 0.381 e. The van der Waals surface area contributed by atoms with Crippen molar-refractivity contribution in [1.82, 2.24) is 9.97 Å². The first-order chi connectivity index (χ1) is 11.5. The highest BCUT2D eigenvalue weighted by Gasteiger charge is 2.21. The minimum Gasteiger partial charge on any atom is -0.381 e. The van der Waals surface area contributed by atoms with Gasteiger partial charge in [0.1, 0.15) is 17.7 Å². The van der Waals surface area contributed by atoms with Crippen LogP contribution >= 0.6 is 11.6 Å². The Morgan fingerprint density at radius 2 is 1.96 bits per heavy atom. The zero-order chi connectivity index (χ0) is 17.1. The molecule has 0 atom stereocenters. The van der Waals surface area contributed by atoms with Crippen molar-refractivity contribution in [3.8, 4) is 6.07 Å². The molecule has 1 aromatic heterocycles. The number of aromatic nitrogens is 2. The van der Waals surface area contributed by atoms with E-state index in [1.165, 1.54) is 0 Å². The molecule has 1 aliphatic rings. The summed E-state index contributed by atoms with van der Waals surface area (Å²) in [7, 11) is 0. The van der Waals surface area contributed by atoms with E-state index >= 15 is 0 Å². The minimum absolute atomic E-state index is 0.329. The third kappa shape index (κ3) is 3.77. The molecule has 0 unspecified atom stereocenters. The van der Waals surface area contributed by atoms with E-state index in [1.54, 1.807) is 12.1 Å². The highest BCUT2D eigenvalue weighted by Crippen LogP contribution is 2.25. The number of rotatable bonds is 3. The molecule has 0 radical (unpaired) electrons. The van der Waals surface area contributed by atoms with Gasteiger partial charge in [-0.05, 0) is 44.9 Å². The van der Waals surface area contributed by atoms with Gasteiger partial charge in [-0.25, -0.2) is 9.97 Å². The molecule has 2 aromatic rings. The Balaban J connectivity index is 1.65. The summed E-state index contributed by atoms with van der Waals surface area (Å²) in [5.74, 6) is 1.81. The Morgan fingerprint density at radius 1 is 1.21 bits per heavy atom. The number of halogens is 1. The first-order valence-electron chi connectivity index (χ1n) is 8.08. The van der Waals surface area contributed by atoms with Crippen LogP contribution in [0.15, 0.2) is 24.3 Å². The number of piperidine rings is 1. The predicted molar refractivity (Wildman–Crippen MR) is 96.5 cm³/mol. The number of aryl methyl sites for hydroxylation is 2. The number of hydrogen-bond acceptors (Lipinski definition) is 5. The van der Waals surface area contributed by atoms with Crippen molar-refractivity contribution in [1.29, 1.82) is 5.26 Å². The maximum Gasteiger partial charge on any atom is 0.132 e. The zero-order valence-electron chi connectivity index (χ0n) is 13.9. The van der Waals surface area contributed by atoms with E-state index in [-0.39, 0.29) is 0 Å². The molecule has 6 heteroatoms. The fraction of sp³-hybridized carbons (Fsp3) is 0.389. The van der Waals surface area contributed by atoms with Crippen LogP contribution in [0.1, 0.15) is 29.9 Å². The van der Waals surface area contributed by atoms with Gasteiger partial charge < -0.3 is 10.2 Å². The van der Waals surface area contributed by atoms with Crippen molar-refractivity contribution in [2.24, 2.45) is 0 Å². The summed E-state index contributed by atoms with van der Waals surface area (Å²) in [6, 6.07) is 9.90. The van der Waals surface area contributed by atoms with Gasteiger partial charge in [-0.15, -0.1) is 0 Å². The number of hydrogen-bond donors (Lipinski definition) is 1. The lowest BCUT2D eigenvalue weighted by atomic mass is 10.0. The molecule has 0 bridgehead atoms. The molecule has 0 amide bonds. The van der Waals surface area contributed by atoms with Crippen molar-refractivity contribution >= 4 is 23.1 Å². The molecule has 24 heavy (non-hydrogen) atoms. The Bertz CT molecular complexity index is 755. The highest BCUT2D eigenvalue weighted by molar-refractivity contribution is 6.30. The second kappa shape index (κ2) is 7.06. The van der Waals surface area contributed by atoms with Gasteiger partial charge in [-0.2, -0.15) is 5.26 Å². The lowest BCUT2D eigenvalue weighted by molar-refractivity contribution is 0.523. The van der Waals surface area contributed by atoms with Crippen LogP contribution in [0.4, 0.5) is 11.5 Å². The summed E-state index contributed by atoms with van der Waals surface area (Å²) in [6.07, 6.45) is 1.97. The standard InChI is InChI=1S/C18H20ClN5/c1-12-9-18(22-13(2)21-12)24-7-5-16(6-8-24)23-17-10-15(19)4-3-14(17)11-20/h3-4,9-10,16,23H,5-8H2,1-2H3. The molecule has 1 aromatic carbocycles. The molecule has 1 aliphatic heterocycles. The average Bonchev–Trinajstić information content (AvgIpc) is 2.55. The Hall–Kier alpha value is -2.32. The molecule has 1 N–H and O–H groups in total. The van der Waals surface area contributed by atoms with Gasteiger partial charge in [0, 0.05) is 35.9 Å². The molecular weight excluding hydrogens is 322 g/mol. The fourth-order valence-corrected chi connectivity index (χ4v) is 3.24. The molecule has 3 rings (SSSR count). The van der Waals surface area contributed by atoms with Crippen molar-refractivity contribution in [3.05, 3.63) is 46.4 Å². The second-order valence-electron chi connectivity index (χ2n) is 6.12. The lowest BCUT2D eigenvalue weighted by Gasteiger charge is -2.34. The third-order valence-electron chi connectivity index (χ3n) is 4.23. The number of nitrogens with zero attached hydrogens (tertiary/aromatic N) is 4. The van der Waals surface area contributed by atoms with E-state index in [0.717, 1.165) is 49.0 Å². The number of anilines is 2. The monoisotopic (exact) mass is 341 g/mol. The summed E-state index contributed by atoms with van der Waals surface area (Å²) in [5.41, 5.74) is 2.44. The van der Waals surface area contributed by atoms with E-state index in [4.69, 9.17) is 11.6 Å². The lowest BCUT2D eigenvalue weighted by Crippen LogP contribution is -2.39. The Kier molecular flexibility index (Phi) is 4.86. The molecule has 0 aliphatic carbocycles. The SMILES string of the molecule is Cc1cc(N2CCC(Nc3cc(Cl)ccc3C#N)CC2)nc(C)n1. The van der Waals surface area contributed by atoms with Crippen LogP contribution in [0.3, 0.4) is 0 Å². The summed E-state index contributed by atoms with van der Waals surface area (Å²) in [4.78, 5) is 11.2. The normalized spacial score (nSPS) is 15.2. The quantitative estimate of drug-likeness (QED) is 0.922. The summed E-state index contributed by atoms with van der Waals surface area (Å²) >= 11 is 6.05. The van der Waals surface area contributed by atoms with Gasteiger partial charge in [0.15, 0.2) is 0 Å². The summed E-state index contributed by atoms with van der Waals surface area (Å²) in [5, 5.41) is 13.3. The maximum atomic E-state index is 9.23. The van der Waals surface area contributed by atoms with Crippen LogP contribution in [-0.4, -0.2) is 29.1 Å². The molecule has 1 saturated heterocycles. The van der Waals surface area contributed by atoms with E-state index in [0.29, 0.717) is 16.6 Å². The number of nitriles is 1.